The standard InChI is InChI=1S/C10H11BrN2O3/c1-2-16-4-3-6-8(10(14)15)7(11)5-13-9(6)12/h3-5H,2H2,1H3,(H2,12,13)(H,14,15)/b4-3+. The van der Waals surface area contributed by atoms with E-state index in [0.717, 1.165) is 0 Å². The van der Waals surface area contributed by atoms with Crippen LogP contribution < -0.4 is 5.73 Å². The Balaban J connectivity index is 3.23. The quantitative estimate of drug-likeness (QED) is 0.828. The van der Waals surface area contributed by atoms with Crippen molar-refractivity contribution in [2.24, 2.45) is 0 Å². The van der Waals surface area contributed by atoms with Gasteiger partial charge in [-0.25, -0.2) is 9.78 Å². The fourth-order valence-corrected chi connectivity index (χ4v) is 1.60. The first-order valence-electron chi connectivity index (χ1n) is 4.53. The molecule has 1 aromatic heterocycles. The minimum atomic E-state index is -1.07. The zero-order valence-corrected chi connectivity index (χ0v) is 10.2. The van der Waals surface area contributed by atoms with Gasteiger partial charge in [0.1, 0.15) is 5.82 Å². The predicted octanol–water partition coefficient (Wildman–Crippen LogP) is 2.13. The number of nitrogens with zero attached hydrogens (tertiary/aromatic N) is 1. The minimum absolute atomic E-state index is 0.0726. The summed E-state index contributed by atoms with van der Waals surface area (Å²) < 4.78 is 5.37. The van der Waals surface area contributed by atoms with E-state index in [2.05, 4.69) is 20.9 Å². The van der Waals surface area contributed by atoms with Gasteiger partial charge >= 0.3 is 5.97 Å². The summed E-state index contributed by atoms with van der Waals surface area (Å²) >= 11 is 3.12. The molecule has 0 fully saturated rings. The fourth-order valence-electron chi connectivity index (χ4n) is 1.12. The Morgan fingerprint density at radius 2 is 2.44 bits per heavy atom. The summed E-state index contributed by atoms with van der Waals surface area (Å²) in [6, 6.07) is 0. The zero-order chi connectivity index (χ0) is 12.1. The molecular formula is C10H11BrN2O3. The second-order valence-corrected chi connectivity index (χ2v) is 3.70. The number of carbonyl (C=O) groups is 1. The first-order valence-corrected chi connectivity index (χ1v) is 5.32. The van der Waals surface area contributed by atoms with Crippen LogP contribution >= 0.6 is 15.9 Å². The molecule has 0 unspecified atom stereocenters. The molecule has 16 heavy (non-hydrogen) atoms. The smallest absolute Gasteiger partial charge is 0.337 e. The summed E-state index contributed by atoms with van der Waals surface area (Å²) in [6.45, 7) is 2.32. The van der Waals surface area contributed by atoms with Crippen molar-refractivity contribution in [3.63, 3.8) is 0 Å². The van der Waals surface area contributed by atoms with Gasteiger partial charge in [0.25, 0.3) is 0 Å². The third-order valence-electron chi connectivity index (χ3n) is 1.81. The third-order valence-corrected chi connectivity index (χ3v) is 2.41. The first-order chi connectivity index (χ1) is 7.57. The maximum atomic E-state index is 11.0. The van der Waals surface area contributed by atoms with Crippen molar-refractivity contribution in [1.82, 2.24) is 4.98 Å². The van der Waals surface area contributed by atoms with Crippen LogP contribution in [0.5, 0.6) is 0 Å². The maximum absolute atomic E-state index is 11.0. The average molecular weight is 287 g/mol. The normalized spacial score (nSPS) is 10.6. The number of pyridine rings is 1. The molecule has 0 bridgehead atoms. The van der Waals surface area contributed by atoms with Gasteiger partial charge in [-0.05, 0) is 28.9 Å². The van der Waals surface area contributed by atoms with Crippen LogP contribution in [0.4, 0.5) is 5.82 Å². The Kier molecular flexibility index (Phi) is 4.30. The summed E-state index contributed by atoms with van der Waals surface area (Å²) in [5, 5.41) is 9.04. The number of ether oxygens (including phenoxy) is 1. The van der Waals surface area contributed by atoms with Crippen LogP contribution in [0.15, 0.2) is 16.9 Å². The molecule has 0 spiro atoms. The van der Waals surface area contributed by atoms with Gasteiger partial charge in [0.2, 0.25) is 0 Å². The lowest BCUT2D eigenvalue weighted by Crippen LogP contribution is -2.06. The van der Waals surface area contributed by atoms with E-state index in [1.807, 2.05) is 6.92 Å². The highest BCUT2D eigenvalue weighted by Gasteiger charge is 2.16. The van der Waals surface area contributed by atoms with Crippen molar-refractivity contribution < 1.29 is 14.6 Å². The molecular weight excluding hydrogens is 276 g/mol. The molecule has 1 heterocycles. The fraction of sp³-hybridized carbons (Fsp3) is 0.200. The van der Waals surface area contributed by atoms with Crippen molar-refractivity contribution in [2.75, 3.05) is 12.3 Å². The van der Waals surface area contributed by atoms with Crippen LogP contribution in [0.1, 0.15) is 22.8 Å². The second kappa shape index (κ2) is 5.50. The molecule has 5 nitrogen and oxygen atoms in total. The largest absolute Gasteiger partial charge is 0.501 e. The van der Waals surface area contributed by atoms with E-state index < -0.39 is 5.97 Å². The van der Waals surface area contributed by atoms with E-state index in [4.69, 9.17) is 15.6 Å². The predicted molar refractivity (Wildman–Crippen MR) is 64.0 cm³/mol. The number of hydrogen-bond acceptors (Lipinski definition) is 4. The molecule has 86 valence electrons. The molecule has 0 radical (unpaired) electrons. The SMILES string of the molecule is CCO/C=C/c1c(N)ncc(Br)c1C(=O)O. The van der Waals surface area contributed by atoms with Gasteiger partial charge in [-0.15, -0.1) is 0 Å². The van der Waals surface area contributed by atoms with E-state index in [9.17, 15) is 4.79 Å². The number of halogens is 1. The number of carboxylic acids is 1. The first kappa shape index (κ1) is 12.5. The molecule has 0 aliphatic rings. The highest BCUT2D eigenvalue weighted by Crippen LogP contribution is 2.24. The van der Waals surface area contributed by atoms with Crippen LogP contribution in [-0.2, 0) is 4.74 Å². The molecule has 0 saturated carbocycles. The van der Waals surface area contributed by atoms with Gasteiger partial charge in [0, 0.05) is 11.8 Å². The number of aromatic nitrogens is 1. The lowest BCUT2D eigenvalue weighted by atomic mass is 10.1. The summed E-state index contributed by atoms with van der Waals surface area (Å²) in [5.41, 5.74) is 6.01. The lowest BCUT2D eigenvalue weighted by Gasteiger charge is -2.06. The van der Waals surface area contributed by atoms with E-state index in [0.29, 0.717) is 16.6 Å². The van der Waals surface area contributed by atoms with Gasteiger partial charge in [-0.1, -0.05) is 0 Å². The van der Waals surface area contributed by atoms with Crippen LogP contribution in [-0.4, -0.2) is 22.7 Å². The Morgan fingerprint density at radius 3 is 3.00 bits per heavy atom. The van der Waals surface area contributed by atoms with E-state index >= 15 is 0 Å². The highest BCUT2D eigenvalue weighted by molar-refractivity contribution is 9.10. The van der Waals surface area contributed by atoms with Gasteiger partial charge in [0.15, 0.2) is 0 Å². The van der Waals surface area contributed by atoms with Crippen molar-refractivity contribution in [3.05, 3.63) is 28.1 Å². The van der Waals surface area contributed by atoms with E-state index in [1.54, 1.807) is 0 Å². The van der Waals surface area contributed by atoms with Crippen LogP contribution in [0.25, 0.3) is 6.08 Å². The van der Waals surface area contributed by atoms with E-state index in [-0.39, 0.29) is 11.4 Å². The average Bonchev–Trinajstić information content (AvgIpc) is 2.23. The number of hydrogen-bond donors (Lipinski definition) is 2. The number of carboxylic acid groups (broad SMARTS) is 1. The third kappa shape index (κ3) is 2.73. The van der Waals surface area contributed by atoms with Crippen molar-refractivity contribution in [1.29, 1.82) is 0 Å². The monoisotopic (exact) mass is 286 g/mol. The number of anilines is 1. The summed E-state index contributed by atoms with van der Waals surface area (Å²) in [4.78, 5) is 14.9. The number of nitrogens with two attached hydrogens (primary N) is 1. The number of aromatic carboxylic acids is 1. The van der Waals surface area contributed by atoms with Gasteiger partial charge in [0.05, 0.1) is 22.9 Å². The van der Waals surface area contributed by atoms with Crippen LogP contribution in [0, 0.1) is 0 Å². The van der Waals surface area contributed by atoms with Crippen molar-refractivity contribution in [2.45, 2.75) is 6.92 Å². The summed E-state index contributed by atoms with van der Waals surface area (Å²) in [6.07, 6.45) is 4.24. The molecule has 1 aromatic rings. The number of rotatable bonds is 4. The number of nitrogen functional groups attached to an aromatic ring is 1. The van der Waals surface area contributed by atoms with Crippen molar-refractivity contribution >= 4 is 33.8 Å². The molecule has 0 aliphatic carbocycles. The second-order valence-electron chi connectivity index (χ2n) is 2.84. The van der Waals surface area contributed by atoms with Crippen LogP contribution in [0.2, 0.25) is 0 Å². The molecule has 0 saturated heterocycles. The maximum Gasteiger partial charge on any atom is 0.337 e. The topological polar surface area (TPSA) is 85.4 Å². The Morgan fingerprint density at radius 1 is 1.75 bits per heavy atom. The van der Waals surface area contributed by atoms with Gasteiger partial charge in [-0.3, -0.25) is 0 Å². The Bertz CT molecular complexity index is 432. The summed E-state index contributed by atoms with van der Waals surface area (Å²) in [5.74, 6) is -0.923. The van der Waals surface area contributed by atoms with Crippen molar-refractivity contribution in [3.8, 4) is 0 Å². The van der Waals surface area contributed by atoms with E-state index in [1.165, 1.54) is 18.5 Å². The molecule has 0 atom stereocenters. The molecule has 6 heteroatoms. The van der Waals surface area contributed by atoms with Gasteiger partial charge < -0.3 is 15.6 Å². The Labute approximate surface area is 101 Å². The Hall–Kier alpha value is -1.56. The molecule has 3 N–H and O–H groups in total. The lowest BCUT2D eigenvalue weighted by molar-refractivity contribution is 0.0695. The van der Waals surface area contributed by atoms with Gasteiger partial charge in [-0.2, -0.15) is 0 Å². The van der Waals surface area contributed by atoms with Crippen LogP contribution in [0.3, 0.4) is 0 Å². The summed E-state index contributed by atoms with van der Waals surface area (Å²) in [7, 11) is 0. The molecule has 0 aliphatic heterocycles. The highest BCUT2D eigenvalue weighted by atomic mass is 79.9. The minimum Gasteiger partial charge on any atom is -0.501 e. The zero-order valence-electron chi connectivity index (χ0n) is 8.61. The molecule has 0 aromatic carbocycles. The molecule has 0 amide bonds. The molecule has 1 rings (SSSR count).